The minimum absolute atomic E-state index is 0.362. The van der Waals surface area contributed by atoms with E-state index in [0.717, 1.165) is 9.75 Å². The Kier molecular flexibility index (Phi) is 6.60. The molecule has 0 saturated heterocycles. The largest absolute Gasteiger partial charge is 0.463 e. The summed E-state index contributed by atoms with van der Waals surface area (Å²) in [5.74, 6) is -0.723. The molecule has 4 nitrogen and oxygen atoms in total. The van der Waals surface area contributed by atoms with Crippen LogP contribution >= 0.6 is 11.3 Å². The van der Waals surface area contributed by atoms with E-state index in [4.69, 9.17) is 9.47 Å². The van der Waals surface area contributed by atoms with Gasteiger partial charge in [0.1, 0.15) is 0 Å². The molecule has 0 atom stereocenters. The molecule has 0 aliphatic heterocycles. The summed E-state index contributed by atoms with van der Waals surface area (Å²) in [6.07, 6.45) is 6.14. The minimum Gasteiger partial charge on any atom is -0.463 e. The molecule has 1 heterocycles. The summed E-state index contributed by atoms with van der Waals surface area (Å²) in [4.78, 5) is 24.1. The van der Waals surface area contributed by atoms with Gasteiger partial charge in [-0.1, -0.05) is 0 Å². The van der Waals surface area contributed by atoms with Crippen molar-refractivity contribution in [3.63, 3.8) is 0 Å². The number of ether oxygens (including phenoxy) is 2. The normalized spacial score (nSPS) is 11.1. The van der Waals surface area contributed by atoms with E-state index < -0.39 is 0 Å². The van der Waals surface area contributed by atoms with Crippen LogP contribution in [-0.4, -0.2) is 25.2 Å². The Balaban J connectivity index is 2.57. The van der Waals surface area contributed by atoms with Crippen molar-refractivity contribution >= 4 is 35.4 Å². The van der Waals surface area contributed by atoms with Crippen LogP contribution in [0.5, 0.6) is 0 Å². The molecule has 0 fully saturated rings. The molecule has 5 heteroatoms. The summed E-state index contributed by atoms with van der Waals surface area (Å²) in [6, 6.07) is 3.73. The van der Waals surface area contributed by atoms with Crippen LogP contribution in [-0.2, 0) is 19.1 Å². The van der Waals surface area contributed by atoms with Crippen molar-refractivity contribution in [2.24, 2.45) is 0 Å². The maximum Gasteiger partial charge on any atom is 0.330 e. The van der Waals surface area contributed by atoms with Crippen molar-refractivity contribution in [2.75, 3.05) is 13.2 Å². The first-order valence-electron chi connectivity index (χ1n) is 5.95. The fourth-order valence-electron chi connectivity index (χ4n) is 1.23. The SMILES string of the molecule is CCOC(=O)/C=C/c1ccc(/C=C/C(=O)OCC)s1. The first-order valence-corrected chi connectivity index (χ1v) is 6.76. The van der Waals surface area contributed by atoms with Gasteiger partial charge in [0, 0.05) is 21.9 Å². The van der Waals surface area contributed by atoms with Crippen molar-refractivity contribution in [3.8, 4) is 0 Å². The Labute approximate surface area is 116 Å². The van der Waals surface area contributed by atoms with E-state index in [1.54, 1.807) is 26.0 Å². The predicted molar refractivity (Wildman–Crippen MR) is 75.7 cm³/mol. The molecule has 0 bridgehead atoms. The molecule has 102 valence electrons. The van der Waals surface area contributed by atoms with Gasteiger partial charge in [-0.3, -0.25) is 0 Å². The quantitative estimate of drug-likeness (QED) is 0.594. The molecule has 0 saturated carbocycles. The monoisotopic (exact) mass is 280 g/mol. The molecule has 0 radical (unpaired) electrons. The lowest BCUT2D eigenvalue weighted by Crippen LogP contribution is -1.98. The van der Waals surface area contributed by atoms with Gasteiger partial charge < -0.3 is 9.47 Å². The Morgan fingerprint density at radius 3 is 1.79 bits per heavy atom. The Morgan fingerprint density at radius 1 is 1.00 bits per heavy atom. The van der Waals surface area contributed by atoms with Gasteiger partial charge in [-0.05, 0) is 38.1 Å². The van der Waals surface area contributed by atoms with Crippen LogP contribution in [0.1, 0.15) is 23.6 Å². The molecule has 0 unspecified atom stereocenters. The molecule has 0 amide bonds. The van der Waals surface area contributed by atoms with E-state index in [2.05, 4.69) is 0 Å². The van der Waals surface area contributed by atoms with E-state index >= 15 is 0 Å². The Hall–Kier alpha value is -1.88. The lowest BCUT2D eigenvalue weighted by Gasteiger charge is -1.93. The van der Waals surface area contributed by atoms with Crippen molar-refractivity contribution in [2.45, 2.75) is 13.8 Å². The zero-order valence-corrected chi connectivity index (χ0v) is 11.7. The van der Waals surface area contributed by atoms with Crippen molar-refractivity contribution in [3.05, 3.63) is 34.0 Å². The van der Waals surface area contributed by atoms with Gasteiger partial charge in [-0.15, -0.1) is 11.3 Å². The summed E-state index contributed by atoms with van der Waals surface area (Å²) in [6.45, 7) is 4.24. The standard InChI is InChI=1S/C14H16O4S/c1-3-17-13(15)9-7-11-5-6-12(19-11)8-10-14(16)18-4-2/h5-10H,3-4H2,1-2H3/b9-7+,10-8+. The highest BCUT2D eigenvalue weighted by Crippen LogP contribution is 2.19. The second kappa shape index (κ2) is 8.26. The summed E-state index contributed by atoms with van der Waals surface area (Å²) >= 11 is 1.46. The molecule has 0 spiro atoms. The third-order valence-corrected chi connectivity index (χ3v) is 3.00. The predicted octanol–water partition coefficient (Wildman–Crippen LogP) is 2.90. The first-order chi connectivity index (χ1) is 9.15. The molecule has 19 heavy (non-hydrogen) atoms. The Bertz CT molecular complexity index is 443. The number of hydrogen-bond donors (Lipinski definition) is 0. The number of esters is 2. The summed E-state index contributed by atoms with van der Waals surface area (Å²) < 4.78 is 9.56. The van der Waals surface area contributed by atoms with Crippen LogP contribution in [0.4, 0.5) is 0 Å². The van der Waals surface area contributed by atoms with Crippen LogP contribution in [0, 0.1) is 0 Å². The fraction of sp³-hybridized carbons (Fsp3) is 0.286. The number of carbonyl (C=O) groups is 2. The third kappa shape index (κ3) is 6.01. The van der Waals surface area contributed by atoms with E-state index in [0.29, 0.717) is 13.2 Å². The van der Waals surface area contributed by atoms with Crippen LogP contribution < -0.4 is 0 Å². The first kappa shape index (κ1) is 15.2. The van der Waals surface area contributed by atoms with Crippen LogP contribution in [0.25, 0.3) is 12.2 Å². The topological polar surface area (TPSA) is 52.6 Å². The van der Waals surface area contributed by atoms with E-state index in [1.807, 2.05) is 12.1 Å². The van der Waals surface area contributed by atoms with E-state index in [-0.39, 0.29) is 11.9 Å². The molecular weight excluding hydrogens is 264 g/mol. The lowest BCUT2D eigenvalue weighted by molar-refractivity contribution is -0.138. The zero-order valence-electron chi connectivity index (χ0n) is 10.9. The van der Waals surface area contributed by atoms with Gasteiger partial charge in [0.15, 0.2) is 0 Å². The average molecular weight is 280 g/mol. The average Bonchev–Trinajstić information content (AvgIpc) is 2.83. The molecule has 1 rings (SSSR count). The Morgan fingerprint density at radius 2 is 1.42 bits per heavy atom. The van der Waals surface area contributed by atoms with Gasteiger partial charge >= 0.3 is 11.9 Å². The highest BCUT2D eigenvalue weighted by molar-refractivity contribution is 7.13. The molecule has 0 aromatic carbocycles. The fourth-order valence-corrected chi connectivity index (χ4v) is 2.05. The summed E-state index contributed by atoms with van der Waals surface area (Å²) in [5.41, 5.74) is 0. The van der Waals surface area contributed by atoms with Gasteiger partial charge in [0.05, 0.1) is 13.2 Å². The van der Waals surface area contributed by atoms with Gasteiger partial charge in [0.25, 0.3) is 0 Å². The summed E-state index contributed by atoms with van der Waals surface area (Å²) in [5, 5.41) is 0. The van der Waals surface area contributed by atoms with Gasteiger partial charge in [-0.2, -0.15) is 0 Å². The zero-order chi connectivity index (χ0) is 14.1. The second-order valence-electron chi connectivity index (χ2n) is 3.41. The van der Waals surface area contributed by atoms with Crippen LogP contribution in [0.2, 0.25) is 0 Å². The van der Waals surface area contributed by atoms with Gasteiger partial charge in [0.2, 0.25) is 0 Å². The summed E-state index contributed by atoms with van der Waals surface area (Å²) in [7, 11) is 0. The van der Waals surface area contributed by atoms with Crippen molar-refractivity contribution < 1.29 is 19.1 Å². The molecule has 0 aliphatic carbocycles. The van der Waals surface area contributed by atoms with Gasteiger partial charge in [-0.25, -0.2) is 9.59 Å². The van der Waals surface area contributed by atoms with Crippen LogP contribution in [0.15, 0.2) is 24.3 Å². The molecule has 1 aromatic heterocycles. The number of rotatable bonds is 6. The molecule has 0 N–H and O–H groups in total. The second-order valence-corrected chi connectivity index (χ2v) is 4.56. The third-order valence-electron chi connectivity index (χ3n) is 1.99. The highest BCUT2D eigenvalue weighted by Gasteiger charge is 1.98. The van der Waals surface area contributed by atoms with E-state index in [1.165, 1.54) is 23.5 Å². The smallest absolute Gasteiger partial charge is 0.330 e. The number of carbonyl (C=O) groups excluding carboxylic acids is 2. The van der Waals surface area contributed by atoms with Crippen molar-refractivity contribution in [1.82, 2.24) is 0 Å². The van der Waals surface area contributed by atoms with E-state index in [9.17, 15) is 9.59 Å². The minimum atomic E-state index is -0.362. The van der Waals surface area contributed by atoms with Crippen molar-refractivity contribution in [1.29, 1.82) is 0 Å². The molecular formula is C14H16O4S. The number of thiophene rings is 1. The molecule has 0 aliphatic rings. The maximum absolute atomic E-state index is 11.1. The highest BCUT2D eigenvalue weighted by atomic mass is 32.1. The maximum atomic E-state index is 11.1. The van der Waals surface area contributed by atoms with Crippen LogP contribution in [0.3, 0.4) is 0 Å². The number of hydrogen-bond acceptors (Lipinski definition) is 5. The molecule has 1 aromatic rings. The lowest BCUT2D eigenvalue weighted by atomic mass is 10.3.